The minimum Gasteiger partial charge on any atom is -0.492 e. The van der Waals surface area contributed by atoms with Gasteiger partial charge in [-0.3, -0.25) is 5.01 Å². The molecule has 2 aliphatic rings. The molecule has 2 aromatic carbocycles. The lowest BCUT2D eigenvalue weighted by molar-refractivity contribution is 0.388. The minimum absolute atomic E-state index is 0.0831. The van der Waals surface area contributed by atoms with Crippen LogP contribution in [0.1, 0.15) is 5.56 Å². The fraction of sp³-hybridized carbons (Fsp3) is 0. The Morgan fingerprint density at radius 2 is 1.73 bits per heavy atom. The molecule has 2 heterocycles. The molecule has 22 heavy (non-hydrogen) atoms. The maximum Gasteiger partial charge on any atom is 0.234 e. The molecule has 2 aromatic rings. The van der Waals surface area contributed by atoms with Gasteiger partial charge in [0.1, 0.15) is 5.70 Å². The van der Waals surface area contributed by atoms with E-state index in [0.717, 1.165) is 16.9 Å². The van der Waals surface area contributed by atoms with Gasteiger partial charge in [0.15, 0.2) is 0 Å². The number of nitrogens with two attached hydrogens (primary N) is 1. The largest absolute Gasteiger partial charge is 0.492 e. The van der Waals surface area contributed by atoms with Gasteiger partial charge in [-0.2, -0.15) is 0 Å². The monoisotopic (exact) mass is 312 g/mol. The SMILES string of the molecule is NC1=CC2=C(O)N(c3ccc(Cl)cc3)NN2c2ccccc21. The summed E-state index contributed by atoms with van der Waals surface area (Å²) in [6, 6.07) is 14.9. The molecule has 0 aromatic heterocycles. The van der Waals surface area contributed by atoms with Crippen molar-refractivity contribution in [2.24, 2.45) is 5.73 Å². The van der Waals surface area contributed by atoms with Crippen molar-refractivity contribution in [2.75, 3.05) is 10.0 Å². The number of fused-ring (bicyclic) bond motifs is 3. The lowest BCUT2D eigenvalue weighted by atomic mass is 10.0. The summed E-state index contributed by atoms with van der Waals surface area (Å²) < 4.78 is 0. The highest BCUT2D eigenvalue weighted by Gasteiger charge is 2.33. The van der Waals surface area contributed by atoms with Crippen LogP contribution >= 0.6 is 11.6 Å². The van der Waals surface area contributed by atoms with Crippen LogP contribution in [0, 0.1) is 0 Å². The number of nitrogens with one attached hydrogen (secondary N) is 1. The maximum atomic E-state index is 10.5. The van der Waals surface area contributed by atoms with Gasteiger partial charge in [0.25, 0.3) is 0 Å². The second-order valence-corrected chi connectivity index (χ2v) is 5.51. The van der Waals surface area contributed by atoms with E-state index in [4.69, 9.17) is 17.3 Å². The van der Waals surface area contributed by atoms with E-state index in [0.29, 0.717) is 16.4 Å². The zero-order chi connectivity index (χ0) is 15.3. The minimum atomic E-state index is 0.0831. The predicted molar refractivity (Wildman–Crippen MR) is 87.8 cm³/mol. The highest BCUT2D eigenvalue weighted by atomic mass is 35.5. The van der Waals surface area contributed by atoms with Crippen molar-refractivity contribution in [2.45, 2.75) is 0 Å². The van der Waals surface area contributed by atoms with Crippen molar-refractivity contribution >= 4 is 28.7 Å². The molecule has 0 atom stereocenters. The fourth-order valence-electron chi connectivity index (χ4n) is 2.64. The molecule has 0 amide bonds. The molecule has 0 radical (unpaired) electrons. The van der Waals surface area contributed by atoms with Crippen LogP contribution in [0.3, 0.4) is 0 Å². The molecule has 5 nitrogen and oxygen atoms in total. The number of aliphatic hydroxyl groups is 1. The van der Waals surface area contributed by atoms with Crippen molar-refractivity contribution < 1.29 is 5.11 Å². The summed E-state index contributed by atoms with van der Waals surface area (Å²) in [5.74, 6) is 0.0831. The molecule has 4 N–H and O–H groups in total. The number of aliphatic hydroxyl groups excluding tert-OH is 1. The number of nitrogens with zero attached hydrogens (tertiary/aromatic N) is 2. The third kappa shape index (κ3) is 1.83. The van der Waals surface area contributed by atoms with Gasteiger partial charge in [0.2, 0.25) is 5.88 Å². The van der Waals surface area contributed by atoms with Gasteiger partial charge in [-0.25, -0.2) is 5.01 Å². The smallest absolute Gasteiger partial charge is 0.234 e. The second-order valence-electron chi connectivity index (χ2n) is 5.07. The maximum absolute atomic E-state index is 10.5. The summed E-state index contributed by atoms with van der Waals surface area (Å²) >= 11 is 5.91. The molecule has 0 spiro atoms. The number of rotatable bonds is 1. The predicted octanol–water partition coefficient (Wildman–Crippen LogP) is 3.13. The highest BCUT2D eigenvalue weighted by Crippen LogP contribution is 2.37. The van der Waals surface area contributed by atoms with Crippen LogP contribution in [0.15, 0.2) is 66.2 Å². The first-order valence-corrected chi connectivity index (χ1v) is 7.15. The Morgan fingerprint density at radius 1 is 1.00 bits per heavy atom. The van der Waals surface area contributed by atoms with E-state index in [2.05, 4.69) is 5.53 Å². The first-order valence-electron chi connectivity index (χ1n) is 6.77. The van der Waals surface area contributed by atoms with Crippen LogP contribution < -0.4 is 21.3 Å². The summed E-state index contributed by atoms with van der Waals surface area (Å²) in [6.07, 6.45) is 1.75. The van der Waals surface area contributed by atoms with E-state index < -0.39 is 0 Å². The third-order valence-corrected chi connectivity index (χ3v) is 3.97. The van der Waals surface area contributed by atoms with Crippen LogP contribution in [0.25, 0.3) is 5.70 Å². The van der Waals surface area contributed by atoms with Crippen molar-refractivity contribution in [1.82, 2.24) is 5.53 Å². The van der Waals surface area contributed by atoms with E-state index in [1.807, 2.05) is 36.4 Å². The molecule has 6 heteroatoms. The van der Waals surface area contributed by atoms with Crippen LogP contribution in [-0.2, 0) is 0 Å². The highest BCUT2D eigenvalue weighted by molar-refractivity contribution is 6.30. The third-order valence-electron chi connectivity index (χ3n) is 3.71. The summed E-state index contributed by atoms with van der Waals surface area (Å²) in [5.41, 5.74) is 13.1. The molecule has 4 rings (SSSR count). The number of allylic oxidation sites excluding steroid dienone is 1. The molecule has 0 saturated carbocycles. The summed E-state index contributed by atoms with van der Waals surface area (Å²) in [6.45, 7) is 0. The van der Waals surface area contributed by atoms with E-state index in [9.17, 15) is 5.11 Å². The summed E-state index contributed by atoms with van der Waals surface area (Å²) in [7, 11) is 0. The van der Waals surface area contributed by atoms with E-state index in [1.54, 1.807) is 28.2 Å². The Morgan fingerprint density at radius 3 is 2.50 bits per heavy atom. The van der Waals surface area contributed by atoms with Gasteiger partial charge in [-0.1, -0.05) is 29.8 Å². The van der Waals surface area contributed by atoms with Crippen molar-refractivity contribution in [3.63, 3.8) is 0 Å². The number of benzene rings is 2. The molecule has 0 fully saturated rings. The number of hydrazine groups is 2. The van der Waals surface area contributed by atoms with Crippen LogP contribution in [0.2, 0.25) is 5.02 Å². The molecule has 110 valence electrons. The van der Waals surface area contributed by atoms with Crippen LogP contribution in [-0.4, -0.2) is 5.11 Å². The number of para-hydroxylation sites is 1. The van der Waals surface area contributed by atoms with Crippen molar-refractivity contribution in [1.29, 1.82) is 0 Å². The van der Waals surface area contributed by atoms with E-state index in [-0.39, 0.29) is 5.88 Å². The Labute approximate surface area is 132 Å². The Kier molecular flexibility index (Phi) is 2.79. The van der Waals surface area contributed by atoms with Crippen LogP contribution in [0.4, 0.5) is 11.4 Å². The van der Waals surface area contributed by atoms with Crippen LogP contribution in [0.5, 0.6) is 0 Å². The van der Waals surface area contributed by atoms with Gasteiger partial charge in [-0.05, 0) is 36.4 Å². The number of hydrogen-bond donors (Lipinski definition) is 3. The Balaban J connectivity index is 1.80. The molecule has 2 aliphatic heterocycles. The normalized spacial score (nSPS) is 16.5. The zero-order valence-electron chi connectivity index (χ0n) is 11.5. The Bertz CT molecular complexity index is 813. The molecule has 0 bridgehead atoms. The van der Waals surface area contributed by atoms with E-state index >= 15 is 0 Å². The molecule has 0 saturated heterocycles. The topological polar surface area (TPSA) is 64.8 Å². The molecule has 0 unspecified atom stereocenters. The molecular weight excluding hydrogens is 300 g/mol. The summed E-state index contributed by atoms with van der Waals surface area (Å²) in [4.78, 5) is 0. The number of anilines is 2. The molecular formula is C16H13ClN4O. The van der Waals surface area contributed by atoms with Gasteiger partial charge in [-0.15, -0.1) is 5.53 Å². The number of halogens is 1. The fourth-order valence-corrected chi connectivity index (χ4v) is 2.76. The second kappa shape index (κ2) is 4.69. The van der Waals surface area contributed by atoms with Gasteiger partial charge < -0.3 is 10.8 Å². The standard InChI is InChI=1S/C16H13ClN4O/c17-10-5-7-11(8-6-10)20-16(22)15-9-13(18)12-3-1-2-4-14(12)21(15)19-20/h1-9,19,22H,18H2. The zero-order valence-corrected chi connectivity index (χ0v) is 12.2. The number of hydrogen-bond acceptors (Lipinski definition) is 5. The van der Waals surface area contributed by atoms with Gasteiger partial charge in [0.05, 0.1) is 11.4 Å². The lowest BCUT2D eigenvalue weighted by Crippen LogP contribution is -2.42. The lowest BCUT2D eigenvalue weighted by Gasteiger charge is -2.28. The van der Waals surface area contributed by atoms with Gasteiger partial charge in [0, 0.05) is 16.3 Å². The molecule has 0 aliphatic carbocycles. The first kappa shape index (κ1) is 13.1. The quantitative estimate of drug-likeness (QED) is 0.755. The van der Waals surface area contributed by atoms with E-state index in [1.165, 1.54) is 0 Å². The summed E-state index contributed by atoms with van der Waals surface area (Å²) in [5, 5.41) is 14.5. The van der Waals surface area contributed by atoms with Gasteiger partial charge >= 0.3 is 0 Å². The van der Waals surface area contributed by atoms with Crippen molar-refractivity contribution in [3.8, 4) is 0 Å². The first-order chi connectivity index (χ1) is 10.6. The average molecular weight is 313 g/mol. The van der Waals surface area contributed by atoms with Crippen molar-refractivity contribution in [3.05, 3.63) is 76.8 Å². The Hall–Kier alpha value is -2.63. The average Bonchev–Trinajstić information content (AvgIpc) is 2.86.